The van der Waals surface area contributed by atoms with Crippen molar-refractivity contribution in [3.63, 3.8) is 0 Å². The summed E-state index contributed by atoms with van der Waals surface area (Å²) in [7, 11) is 2.91. The first kappa shape index (κ1) is 19.0. The van der Waals surface area contributed by atoms with Crippen LogP contribution in [0.15, 0.2) is 30.9 Å². The van der Waals surface area contributed by atoms with Crippen LogP contribution < -0.4 is 19.9 Å². The van der Waals surface area contributed by atoms with E-state index in [1.807, 2.05) is 6.92 Å². The number of carbonyl (C=O) groups is 1. The van der Waals surface area contributed by atoms with E-state index in [1.54, 1.807) is 12.1 Å². The Labute approximate surface area is 161 Å². The van der Waals surface area contributed by atoms with E-state index in [2.05, 4.69) is 21.5 Å². The van der Waals surface area contributed by atoms with Gasteiger partial charge < -0.3 is 29.7 Å². The lowest BCUT2D eigenvalue weighted by Crippen LogP contribution is -2.09. The molecule has 0 saturated heterocycles. The lowest BCUT2D eigenvalue weighted by molar-refractivity contribution is 0.0549. The summed E-state index contributed by atoms with van der Waals surface area (Å²) in [6.45, 7) is 5.40. The zero-order valence-electron chi connectivity index (χ0n) is 15.7. The number of nitrogens with one attached hydrogen (secondary N) is 1. The Balaban J connectivity index is 2.14. The number of aromatic nitrogens is 3. The molecule has 0 amide bonds. The molecule has 3 aromatic rings. The smallest absolute Gasteiger partial charge is 0.343 e. The molecular weight excluding hydrogens is 364 g/mol. The highest BCUT2D eigenvalue weighted by molar-refractivity contribution is 6.11. The molecule has 9 nitrogen and oxygen atoms in total. The van der Waals surface area contributed by atoms with Crippen molar-refractivity contribution in [2.45, 2.75) is 6.92 Å². The number of H-pyrrole nitrogens is 1. The first-order valence-electron chi connectivity index (χ1n) is 8.32. The van der Waals surface area contributed by atoms with Crippen LogP contribution in [-0.2, 0) is 4.74 Å². The molecule has 3 N–H and O–H groups in total. The third-order valence-corrected chi connectivity index (χ3v) is 3.98. The standard InChI is InChI=1S/C19H20N4O5/c1-5-8-27-18(24)16-12(7-6-11-15(16)17(20)10(2)21-11)28-19-22-13(25-3)9-14(23-19)26-4/h5-7,9,21H,1,8,20H2,2-4H3. The van der Waals surface area contributed by atoms with Crippen LogP contribution in [0.4, 0.5) is 5.69 Å². The first-order valence-corrected chi connectivity index (χ1v) is 8.32. The summed E-state index contributed by atoms with van der Waals surface area (Å²) in [4.78, 5) is 24.1. The van der Waals surface area contributed by atoms with Crippen LogP contribution in [0.2, 0.25) is 0 Å². The van der Waals surface area contributed by atoms with Gasteiger partial charge in [0.1, 0.15) is 17.9 Å². The summed E-state index contributed by atoms with van der Waals surface area (Å²) < 4.78 is 21.3. The minimum atomic E-state index is -0.610. The number of benzene rings is 1. The molecule has 9 heteroatoms. The van der Waals surface area contributed by atoms with Crippen LogP contribution in [0.5, 0.6) is 23.5 Å². The van der Waals surface area contributed by atoms with E-state index in [0.717, 1.165) is 5.69 Å². The number of ether oxygens (including phenoxy) is 4. The Morgan fingerprint density at radius 2 is 1.93 bits per heavy atom. The highest BCUT2D eigenvalue weighted by atomic mass is 16.5. The molecule has 2 aromatic heterocycles. The summed E-state index contributed by atoms with van der Waals surface area (Å²) in [6, 6.07) is 4.80. The van der Waals surface area contributed by atoms with Gasteiger partial charge in [-0.2, -0.15) is 9.97 Å². The van der Waals surface area contributed by atoms with E-state index >= 15 is 0 Å². The Hall–Kier alpha value is -3.75. The second kappa shape index (κ2) is 7.87. The molecule has 28 heavy (non-hydrogen) atoms. The van der Waals surface area contributed by atoms with Crippen LogP contribution >= 0.6 is 0 Å². The third kappa shape index (κ3) is 3.54. The molecule has 0 radical (unpaired) electrons. The van der Waals surface area contributed by atoms with Crippen molar-refractivity contribution in [3.8, 4) is 23.5 Å². The van der Waals surface area contributed by atoms with E-state index in [1.165, 1.54) is 26.4 Å². The predicted molar refractivity (Wildman–Crippen MR) is 103 cm³/mol. The number of esters is 1. The lowest BCUT2D eigenvalue weighted by Gasteiger charge is -2.12. The molecule has 0 unspecified atom stereocenters. The Morgan fingerprint density at radius 1 is 1.25 bits per heavy atom. The monoisotopic (exact) mass is 384 g/mol. The Kier molecular flexibility index (Phi) is 5.35. The minimum Gasteiger partial charge on any atom is -0.481 e. The van der Waals surface area contributed by atoms with Gasteiger partial charge in [0.2, 0.25) is 11.8 Å². The molecule has 0 aliphatic heterocycles. The molecule has 1 aromatic carbocycles. The SMILES string of the molecule is C=CCOC(=O)c1c(Oc2nc(OC)cc(OC)n2)ccc2[nH]c(C)c(N)c12. The van der Waals surface area contributed by atoms with Gasteiger partial charge in [-0.05, 0) is 19.1 Å². The maximum atomic E-state index is 12.7. The van der Waals surface area contributed by atoms with E-state index < -0.39 is 5.97 Å². The van der Waals surface area contributed by atoms with Gasteiger partial charge in [-0.1, -0.05) is 12.7 Å². The summed E-state index contributed by atoms with van der Waals surface area (Å²) in [5.41, 5.74) is 8.16. The average Bonchev–Trinajstić information content (AvgIpc) is 2.99. The average molecular weight is 384 g/mol. The zero-order chi connectivity index (χ0) is 20.3. The molecule has 0 fully saturated rings. The molecule has 0 aliphatic carbocycles. The number of nitrogens with zero attached hydrogens (tertiary/aromatic N) is 2. The molecule has 146 valence electrons. The quantitative estimate of drug-likeness (QED) is 0.471. The number of hydrogen-bond donors (Lipinski definition) is 2. The number of rotatable bonds is 7. The molecule has 0 bridgehead atoms. The van der Waals surface area contributed by atoms with E-state index in [-0.39, 0.29) is 35.7 Å². The van der Waals surface area contributed by atoms with Gasteiger partial charge in [-0.25, -0.2) is 4.79 Å². The lowest BCUT2D eigenvalue weighted by atomic mass is 10.1. The molecule has 3 rings (SSSR count). The number of aromatic amines is 1. The van der Waals surface area contributed by atoms with Gasteiger partial charge in [-0.15, -0.1) is 0 Å². The molecule has 0 aliphatic rings. The van der Waals surface area contributed by atoms with Crippen LogP contribution in [0.3, 0.4) is 0 Å². The zero-order valence-corrected chi connectivity index (χ0v) is 15.7. The minimum absolute atomic E-state index is 0.0431. The largest absolute Gasteiger partial charge is 0.481 e. The molecular formula is C19H20N4O5. The normalized spacial score (nSPS) is 10.5. The molecule has 2 heterocycles. The maximum absolute atomic E-state index is 12.7. The third-order valence-electron chi connectivity index (χ3n) is 3.98. The van der Waals surface area contributed by atoms with Gasteiger partial charge in [0.15, 0.2) is 0 Å². The highest BCUT2D eigenvalue weighted by Crippen LogP contribution is 2.36. The summed E-state index contributed by atoms with van der Waals surface area (Å²) >= 11 is 0. The topological polar surface area (TPSA) is 122 Å². The van der Waals surface area contributed by atoms with Crippen molar-refractivity contribution in [1.29, 1.82) is 0 Å². The molecule has 0 spiro atoms. The fourth-order valence-electron chi connectivity index (χ4n) is 2.66. The number of nitrogens with two attached hydrogens (primary N) is 1. The number of methoxy groups -OCH3 is 2. The number of fused-ring (bicyclic) bond motifs is 1. The Morgan fingerprint density at radius 3 is 2.54 bits per heavy atom. The van der Waals surface area contributed by atoms with Crippen molar-refractivity contribution in [2.75, 3.05) is 26.6 Å². The summed E-state index contributed by atoms with van der Waals surface area (Å²) in [6.07, 6.45) is 1.47. The summed E-state index contributed by atoms with van der Waals surface area (Å²) in [5.74, 6) is 0.0649. The predicted octanol–water partition coefficient (Wildman–Crippen LogP) is 3.00. The van der Waals surface area contributed by atoms with Crippen molar-refractivity contribution < 1.29 is 23.7 Å². The van der Waals surface area contributed by atoms with Gasteiger partial charge in [-0.3, -0.25) is 0 Å². The van der Waals surface area contributed by atoms with Crippen molar-refractivity contribution in [3.05, 3.63) is 42.1 Å². The Bertz CT molecular complexity index is 1020. The van der Waals surface area contributed by atoms with E-state index in [9.17, 15) is 4.79 Å². The van der Waals surface area contributed by atoms with Gasteiger partial charge in [0, 0.05) is 16.6 Å². The van der Waals surface area contributed by atoms with Gasteiger partial charge in [0.05, 0.1) is 26.0 Å². The maximum Gasteiger partial charge on any atom is 0.343 e. The fourth-order valence-corrected chi connectivity index (χ4v) is 2.66. The highest BCUT2D eigenvalue weighted by Gasteiger charge is 2.23. The van der Waals surface area contributed by atoms with Crippen molar-refractivity contribution >= 4 is 22.6 Å². The number of hydrogen-bond acceptors (Lipinski definition) is 8. The van der Waals surface area contributed by atoms with Crippen LogP contribution in [0, 0.1) is 6.92 Å². The van der Waals surface area contributed by atoms with E-state index in [4.69, 9.17) is 24.7 Å². The second-order valence-electron chi connectivity index (χ2n) is 5.75. The number of carbonyl (C=O) groups excluding carboxylic acids is 1. The fraction of sp³-hybridized carbons (Fsp3) is 0.211. The van der Waals surface area contributed by atoms with Gasteiger partial charge >= 0.3 is 12.0 Å². The van der Waals surface area contributed by atoms with Crippen molar-refractivity contribution in [1.82, 2.24) is 15.0 Å². The van der Waals surface area contributed by atoms with Crippen LogP contribution in [0.1, 0.15) is 16.1 Å². The molecule has 0 saturated carbocycles. The molecule has 0 atom stereocenters. The first-order chi connectivity index (χ1) is 13.5. The van der Waals surface area contributed by atoms with E-state index in [0.29, 0.717) is 16.6 Å². The number of nitrogen functional groups attached to an aromatic ring is 1. The number of anilines is 1. The second-order valence-corrected chi connectivity index (χ2v) is 5.75. The van der Waals surface area contributed by atoms with Crippen LogP contribution in [-0.4, -0.2) is 41.7 Å². The number of aryl methyl sites for hydroxylation is 1. The van der Waals surface area contributed by atoms with Crippen molar-refractivity contribution in [2.24, 2.45) is 0 Å². The summed E-state index contributed by atoms with van der Waals surface area (Å²) in [5, 5.41) is 0.499. The van der Waals surface area contributed by atoms with Crippen LogP contribution in [0.25, 0.3) is 10.9 Å². The van der Waals surface area contributed by atoms with Gasteiger partial charge in [0.25, 0.3) is 0 Å².